The molecule has 0 saturated heterocycles. The van der Waals surface area contributed by atoms with Crippen LogP contribution in [0, 0.1) is 12.8 Å². The van der Waals surface area contributed by atoms with Crippen LogP contribution in [0.25, 0.3) is 10.9 Å². The number of aryl methyl sites for hydroxylation is 1. The van der Waals surface area contributed by atoms with Gasteiger partial charge in [-0.15, -0.1) is 0 Å². The van der Waals surface area contributed by atoms with Crippen LogP contribution in [0.3, 0.4) is 0 Å². The van der Waals surface area contributed by atoms with Crippen molar-refractivity contribution in [3.63, 3.8) is 0 Å². The minimum Gasteiger partial charge on any atom is -0.362 e. The molecule has 6 heteroatoms. The Bertz CT molecular complexity index is 813. The molecular formula is C20H30N4OS. The van der Waals surface area contributed by atoms with E-state index in [2.05, 4.69) is 46.9 Å². The first-order chi connectivity index (χ1) is 12.3. The Morgan fingerprint density at radius 1 is 1.23 bits per heavy atom. The monoisotopic (exact) mass is 374 g/mol. The number of benzene rings is 1. The van der Waals surface area contributed by atoms with Crippen molar-refractivity contribution in [2.24, 2.45) is 5.92 Å². The Kier molecular flexibility index (Phi) is 7.17. The largest absolute Gasteiger partial charge is 0.362 e. The fraction of sp³-hybridized carbons (Fsp3) is 0.500. The van der Waals surface area contributed by atoms with E-state index < -0.39 is 0 Å². The maximum Gasteiger partial charge on any atom is 0.253 e. The number of aromatic nitrogens is 1. The van der Waals surface area contributed by atoms with Crippen molar-refractivity contribution in [2.45, 2.75) is 27.3 Å². The van der Waals surface area contributed by atoms with Crippen LogP contribution in [0.2, 0.25) is 0 Å². The number of nitrogens with zero attached hydrogens (tertiary/aromatic N) is 2. The summed E-state index contributed by atoms with van der Waals surface area (Å²) in [5.74, 6) is 0.510. The highest BCUT2D eigenvalue weighted by atomic mass is 32.1. The van der Waals surface area contributed by atoms with Gasteiger partial charge in [0, 0.05) is 30.7 Å². The lowest BCUT2D eigenvalue weighted by Crippen LogP contribution is -2.44. The molecule has 0 radical (unpaired) electrons. The number of nitrogens with one attached hydrogen (secondary N) is 2. The third-order valence-electron chi connectivity index (χ3n) is 4.20. The van der Waals surface area contributed by atoms with Crippen molar-refractivity contribution < 1.29 is 0 Å². The summed E-state index contributed by atoms with van der Waals surface area (Å²) in [5, 5.41) is 5.07. The summed E-state index contributed by atoms with van der Waals surface area (Å²) < 4.78 is 0. The van der Waals surface area contributed by atoms with Crippen molar-refractivity contribution in [1.82, 2.24) is 20.1 Å². The van der Waals surface area contributed by atoms with Gasteiger partial charge in [0.25, 0.3) is 5.56 Å². The lowest BCUT2D eigenvalue weighted by Gasteiger charge is -2.27. The number of hydrogen-bond donors (Lipinski definition) is 2. The molecule has 5 nitrogen and oxygen atoms in total. The summed E-state index contributed by atoms with van der Waals surface area (Å²) in [5.41, 5.74) is 2.72. The van der Waals surface area contributed by atoms with E-state index in [1.165, 1.54) is 5.56 Å². The molecule has 0 amide bonds. The predicted molar refractivity (Wildman–Crippen MR) is 114 cm³/mol. The number of pyridine rings is 1. The van der Waals surface area contributed by atoms with Gasteiger partial charge in [0.2, 0.25) is 0 Å². The molecule has 2 rings (SSSR count). The smallest absolute Gasteiger partial charge is 0.253 e. The van der Waals surface area contributed by atoms with Crippen LogP contribution in [0.5, 0.6) is 0 Å². The zero-order chi connectivity index (χ0) is 19.3. The lowest BCUT2D eigenvalue weighted by molar-refractivity contribution is 0.321. The van der Waals surface area contributed by atoms with Crippen LogP contribution < -0.4 is 10.9 Å². The number of likely N-dealkylation sites (N-methyl/N-ethyl adjacent to an activating group) is 1. The zero-order valence-electron chi connectivity index (χ0n) is 16.4. The molecule has 0 atom stereocenters. The maximum absolute atomic E-state index is 12.5. The minimum atomic E-state index is -0.0529. The van der Waals surface area contributed by atoms with Crippen LogP contribution in [-0.2, 0) is 6.54 Å². The Hall–Kier alpha value is -1.92. The molecule has 0 aliphatic rings. The second-order valence-corrected chi connectivity index (χ2v) is 7.91. The normalized spacial score (nSPS) is 11.3. The fourth-order valence-corrected chi connectivity index (χ4v) is 2.91. The number of H-pyrrole nitrogens is 1. The highest BCUT2D eigenvalue weighted by Gasteiger charge is 2.14. The van der Waals surface area contributed by atoms with Gasteiger partial charge in [0.1, 0.15) is 0 Å². The molecule has 1 aromatic carbocycles. The summed E-state index contributed by atoms with van der Waals surface area (Å²) in [6.07, 6.45) is 0. The molecular weight excluding hydrogens is 344 g/mol. The first kappa shape index (κ1) is 20.4. The Balaban J connectivity index is 2.25. The summed E-state index contributed by atoms with van der Waals surface area (Å²) in [7, 11) is 4.07. The van der Waals surface area contributed by atoms with Crippen molar-refractivity contribution in [1.29, 1.82) is 0 Å². The minimum absolute atomic E-state index is 0.0529. The first-order valence-electron chi connectivity index (χ1n) is 9.06. The average Bonchev–Trinajstić information content (AvgIpc) is 2.56. The Morgan fingerprint density at radius 2 is 1.96 bits per heavy atom. The molecule has 2 aromatic rings. The van der Waals surface area contributed by atoms with Crippen LogP contribution in [0.1, 0.15) is 25.0 Å². The summed E-state index contributed by atoms with van der Waals surface area (Å²) in [6, 6.07) is 8.03. The topological polar surface area (TPSA) is 51.4 Å². The highest BCUT2D eigenvalue weighted by molar-refractivity contribution is 7.80. The average molecular weight is 375 g/mol. The van der Waals surface area contributed by atoms with Gasteiger partial charge in [0.05, 0.1) is 6.54 Å². The molecule has 142 valence electrons. The molecule has 0 unspecified atom stereocenters. The summed E-state index contributed by atoms with van der Waals surface area (Å²) >= 11 is 5.59. The molecule has 0 aliphatic carbocycles. The van der Waals surface area contributed by atoms with E-state index in [-0.39, 0.29) is 5.56 Å². The van der Waals surface area contributed by atoms with Gasteiger partial charge in [-0.1, -0.05) is 25.5 Å². The molecule has 0 aliphatic heterocycles. The Morgan fingerprint density at radius 3 is 2.62 bits per heavy atom. The molecule has 0 spiro atoms. The fourth-order valence-electron chi connectivity index (χ4n) is 2.67. The van der Waals surface area contributed by atoms with E-state index >= 15 is 0 Å². The van der Waals surface area contributed by atoms with E-state index in [4.69, 9.17) is 12.2 Å². The number of hydrogen-bond acceptors (Lipinski definition) is 3. The van der Waals surface area contributed by atoms with Gasteiger partial charge < -0.3 is 20.1 Å². The number of aromatic amines is 1. The Labute approximate surface area is 161 Å². The highest BCUT2D eigenvalue weighted by Crippen LogP contribution is 2.14. The number of fused-ring (bicyclic) bond motifs is 1. The van der Waals surface area contributed by atoms with E-state index in [9.17, 15) is 4.79 Å². The maximum atomic E-state index is 12.5. The summed E-state index contributed by atoms with van der Waals surface area (Å²) in [6.45, 7) is 9.31. The second-order valence-electron chi connectivity index (χ2n) is 7.52. The van der Waals surface area contributed by atoms with Crippen molar-refractivity contribution >= 4 is 28.2 Å². The zero-order valence-corrected chi connectivity index (χ0v) is 17.2. The lowest BCUT2D eigenvalue weighted by atomic mass is 10.1. The molecule has 0 fully saturated rings. The quantitative estimate of drug-likeness (QED) is 0.730. The van der Waals surface area contributed by atoms with Crippen LogP contribution in [-0.4, -0.2) is 53.6 Å². The summed E-state index contributed by atoms with van der Waals surface area (Å²) in [4.78, 5) is 19.7. The van der Waals surface area contributed by atoms with E-state index in [0.29, 0.717) is 17.6 Å². The second kappa shape index (κ2) is 9.14. The van der Waals surface area contributed by atoms with Gasteiger partial charge >= 0.3 is 0 Å². The molecule has 1 aromatic heterocycles. The van der Waals surface area contributed by atoms with Crippen molar-refractivity contribution in [3.8, 4) is 0 Å². The van der Waals surface area contributed by atoms with Gasteiger partial charge in [0.15, 0.2) is 5.11 Å². The van der Waals surface area contributed by atoms with Gasteiger partial charge in [-0.05, 0) is 62.7 Å². The van der Waals surface area contributed by atoms with Crippen LogP contribution in [0.15, 0.2) is 29.1 Å². The van der Waals surface area contributed by atoms with Gasteiger partial charge in [-0.25, -0.2) is 0 Å². The van der Waals surface area contributed by atoms with Crippen LogP contribution >= 0.6 is 12.2 Å². The standard InChI is InChI=1S/C20H30N4OS/c1-14(2)12-21-20(26)24(9-8-23(4)5)13-17-11-16-10-15(3)6-7-18(16)22-19(17)25/h6-7,10-11,14H,8-9,12-13H2,1-5H3,(H,21,26)(H,22,25). The van der Waals surface area contributed by atoms with Crippen LogP contribution in [0.4, 0.5) is 0 Å². The molecule has 0 bridgehead atoms. The molecule has 1 heterocycles. The molecule has 0 saturated carbocycles. The van der Waals surface area contributed by atoms with Gasteiger partial charge in [-0.2, -0.15) is 0 Å². The SMILES string of the molecule is Cc1ccc2[nH]c(=O)c(CN(CCN(C)C)C(=S)NCC(C)C)cc2c1. The molecule has 2 N–H and O–H groups in total. The van der Waals surface area contributed by atoms with E-state index in [1.54, 1.807) is 0 Å². The van der Waals surface area contributed by atoms with Crippen molar-refractivity contribution in [3.05, 3.63) is 45.7 Å². The first-order valence-corrected chi connectivity index (χ1v) is 9.47. The number of thiocarbonyl (C=S) groups is 1. The predicted octanol–water partition coefficient (Wildman–Crippen LogP) is 2.73. The van der Waals surface area contributed by atoms with E-state index in [1.807, 2.05) is 32.3 Å². The third kappa shape index (κ3) is 5.81. The van der Waals surface area contributed by atoms with E-state index in [0.717, 1.165) is 36.1 Å². The van der Waals surface area contributed by atoms with Crippen molar-refractivity contribution in [2.75, 3.05) is 33.7 Å². The number of rotatable bonds is 7. The molecule has 26 heavy (non-hydrogen) atoms. The third-order valence-corrected chi connectivity index (χ3v) is 4.61. The van der Waals surface area contributed by atoms with Gasteiger partial charge in [-0.3, -0.25) is 4.79 Å².